The van der Waals surface area contributed by atoms with Crippen molar-refractivity contribution in [3.63, 3.8) is 0 Å². The maximum absolute atomic E-state index is 12.2. The van der Waals surface area contributed by atoms with Gasteiger partial charge in [0.2, 0.25) is 0 Å². The summed E-state index contributed by atoms with van der Waals surface area (Å²) in [6.07, 6.45) is 0.678. The fourth-order valence-electron chi connectivity index (χ4n) is 2.83. The summed E-state index contributed by atoms with van der Waals surface area (Å²) >= 11 is 0. The van der Waals surface area contributed by atoms with E-state index in [1.807, 2.05) is 20.8 Å². The van der Waals surface area contributed by atoms with E-state index in [2.05, 4.69) is 36.6 Å². The lowest BCUT2D eigenvalue weighted by Gasteiger charge is -2.26. The number of ether oxygens (including phenoxy) is 1. The Morgan fingerprint density at radius 3 is 2.55 bits per heavy atom. The van der Waals surface area contributed by atoms with E-state index in [0.29, 0.717) is 19.0 Å². The topological polar surface area (TPSA) is 67.6 Å². The monoisotopic (exact) mass is 305 g/mol. The number of rotatable bonds is 3. The number of nitrogens with two attached hydrogens (primary N) is 1. The zero-order valence-electron chi connectivity index (χ0n) is 13.9. The van der Waals surface area contributed by atoms with Crippen molar-refractivity contribution in [3.8, 4) is 0 Å². The van der Waals surface area contributed by atoms with E-state index in [1.165, 1.54) is 5.56 Å². The fraction of sp³-hybridized carbons (Fsp3) is 0.588. The van der Waals surface area contributed by atoms with Crippen molar-refractivity contribution in [2.24, 2.45) is 11.8 Å². The van der Waals surface area contributed by atoms with Gasteiger partial charge in [0.1, 0.15) is 5.60 Å². The Hall–Kier alpha value is -1.59. The van der Waals surface area contributed by atoms with Crippen molar-refractivity contribution >= 4 is 6.09 Å². The minimum absolute atomic E-state index is 0.0491. The van der Waals surface area contributed by atoms with Gasteiger partial charge in [0.15, 0.2) is 0 Å². The molecule has 22 heavy (non-hydrogen) atoms. The van der Waals surface area contributed by atoms with Crippen molar-refractivity contribution < 1.29 is 9.53 Å². The summed E-state index contributed by atoms with van der Waals surface area (Å²) in [5, 5.41) is 0. The second-order valence-corrected chi connectivity index (χ2v) is 7.03. The second kappa shape index (κ2) is 6.67. The number of carbonyl (C=O) groups is 1. The summed E-state index contributed by atoms with van der Waals surface area (Å²) in [4.78, 5) is 13.9. The lowest BCUT2D eigenvalue weighted by molar-refractivity contribution is 0.0285. The van der Waals surface area contributed by atoms with Crippen molar-refractivity contribution in [2.75, 3.05) is 13.1 Å². The average Bonchev–Trinajstić information content (AvgIpc) is 2.89. The molecule has 1 amide bonds. The van der Waals surface area contributed by atoms with Crippen LogP contribution in [0.4, 0.5) is 4.79 Å². The number of likely N-dealkylation sites (tertiary alicyclic amines) is 1. The summed E-state index contributed by atoms with van der Waals surface area (Å²) in [6.45, 7) is 9.09. The third-order valence-corrected chi connectivity index (χ3v) is 3.96. The molecule has 0 bridgehead atoms. The van der Waals surface area contributed by atoms with Crippen LogP contribution in [-0.4, -0.2) is 29.7 Å². The SMILES string of the molecule is Cc1ccc(C(NN)C2CCN(C(=O)OC(C)(C)C)C2)cc1. The highest BCUT2D eigenvalue weighted by molar-refractivity contribution is 5.68. The predicted octanol–water partition coefficient (Wildman–Crippen LogP) is 2.76. The smallest absolute Gasteiger partial charge is 0.410 e. The summed E-state index contributed by atoms with van der Waals surface area (Å²) in [5.74, 6) is 6.05. The third-order valence-electron chi connectivity index (χ3n) is 3.96. The maximum atomic E-state index is 12.2. The van der Waals surface area contributed by atoms with Crippen LogP contribution in [0, 0.1) is 12.8 Å². The van der Waals surface area contributed by atoms with E-state index in [1.54, 1.807) is 4.90 Å². The highest BCUT2D eigenvalue weighted by Crippen LogP contribution is 2.30. The van der Waals surface area contributed by atoms with Gasteiger partial charge in [-0.3, -0.25) is 11.3 Å². The number of hydrazine groups is 1. The second-order valence-electron chi connectivity index (χ2n) is 7.03. The molecule has 1 fully saturated rings. The summed E-state index contributed by atoms with van der Waals surface area (Å²) in [5.41, 5.74) is 4.83. The highest BCUT2D eigenvalue weighted by Gasteiger charge is 2.34. The Bertz CT molecular complexity index is 508. The molecule has 0 saturated carbocycles. The molecule has 1 heterocycles. The first kappa shape index (κ1) is 16.8. The first-order valence-electron chi connectivity index (χ1n) is 7.81. The van der Waals surface area contributed by atoms with Crippen LogP contribution in [-0.2, 0) is 4.74 Å². The standard InChI is InChI=1S/C17H27N3O2/c1-12-5-7-13(8-6-12)15(19-18)14-9-10-20(11-14)16(21)22-17(2,3)4/h5-8,14-15,19H,9-11,18H2,1-4H3. The van der Waals surface area contributed by atoms with E-state index in [9.17, 15) is 4.79 Å². The number of amides is 1. The molecule has 2 atom stereocenters. The van der Waals surface area contributed by atoms with E-state index in [-0.39, 0.29) is 12.1 Å². The number of carbonyl (C=O) groups excluding carboxylic acids is 1. The Labute approximate surface area is 132 Å². The minimum Gasteiger partial charge on any atom is -0.444 e. The lowest BCUT2D eigenvalue weighted by atomic mass is 9.92. The van der Waals surface area contributed by atoms with Gasteiger partial charge in [-0.15, -0.1) is 0 Å². The van der Waals surface area contributed by atoms with Gasteiger partial charge in [-0.2, -0.15) is 0 Å². The number of hydrogen-bond acceptors (Lipinski definition) is 4. The quantitative estimate of drug-likeness (QED) is 0.665. The summed E-state index contributed by atoms with van der Waals surface area (Å²) in [6, 6.07) is 8.40. The normalized spacial score (nSPS) is 20.0. The molecule has 1 aliphatic rings. The molecule has 0 aromatic heterocycles. The molecule has 1 saturated heterocycles. The van der Waals surface area contributed by atoms with Gasteiger partial charge in [-0.05, 0) is 45.6 Å². The number of aryl methyl sites for hydroxylation is 1. The Kier molecular flexibility index (Phi) is 5.08. The molecule has 0 aliphatic carbocycles. The van der Waals surface area contributed by atoms with Crippen LogP contribution in [0.2, 0.25) is 0 Å². The number of nitrogens with zero attached hydrogens (tertiary/aromatic N) is 1. The molecule has 0 radical (unpaired) electrons. The van der Waals surface area contributed by atoms with Crippen LogP contribution < -0.4 is 11.3 Å². The molecule has 5 nitrogen and oxygen atoms in total. The Morgan fingerprint density at radius 2 is 2.00 bits per heavy atom. The molecule has 5 heteroatoms. The van der Waals surface area contributed by atoms with Gasteiger partial charge < -0.3 is 9.64 Å². The van der Waals surface area contributed by atoms with Gasteiger partial charge in [-0.1, -0.05) is 29.8 Å². The average molecular weight is 305 g/mol. The summed E-state index contributed by atoms with van der Waals surface area (Å²) < 4.78 is 5.44. The summed E-state index contributed by atoms with van der Waals surface area (Å²) in [7, 11) is 0. The molecule has 2 rings (SSSR count). The van der Waals surface area contributed by atoms with Gasteiger partial charge in [-0.25, -0.2) is 4.79 Å². The molecule has 3 N–H and O–H groups in total. The van der Waals surface area contributed by atoms with Crippen LogP contribution >= 0.6 is 0 Å². The fourth-order valence-corrected chi connectivity index (χ4v) is 2.83. The van der Waals surface area contributed by atoms with Crippen LogP contribution in [0.15, 0.2) is 24.3 Å². The minimum atomic E-state index is -0.461. The number of hydrogen-bond donors (Lipinski definition) is 2. The van der Waals surface area contributed by atoms with E-state index < -0.39 is 5.60 Å². The van der Waals surface area contributed by atoms with E-state index in [0.717, 1.165) is 12.0 Å². The van der Waals surface area contributed by atoms with Gasteiger partial charge in [0.05, 0.1) is 6.04 Å². The van der Waals surface area contributed by atoms with Gasteiger partial charge in [0, 0.05) is 13.1 Å². The first-order valence-corrected chi connectivity index (χ1v) is 7.81. The molecule has 1 aromatic rings. The highest BCUT2D eigenvalue weighted by atomic mass is 16.6. The molecular formula is C17H27N3O2. The molecular weight excluding hydrogens is 278 g/mol. The van der Waals surface area contributed by atoms with Crippen LogP contribution in [0.25, 0.3) is 0 Å². The molecule has 0 spiro atoms. The van der Waals surface area contributed by atoms with Crippen LogP contribution in [0.3, 0.4) is 0 Å². The predicted molar refractivity (Wildman–Crippen MR) is 87.2 cm³/mol. The van der Waals surface area contributed by atoms with Crippen molar-refractivity contribution in [2.45, 2.75) is 45.8 Å². The van der Waals surface area contributed by atoms with Crippen molar-refractivity contribution in [1.82, 2.24) is 10.3 Å². The molecule has 122 valence electrons. The van der Waals surface area contributed by atoms with Crippen LogP contribution in [0.1, 0.15) is 44.4 Å². The Balaban J connectivity index is 2.01. The van der Waals surface area contributed by atoms with Crippen molar-refractivity contribution in [1.29, 1.82) is 0 Å². The van der Waals surface area contributed by atoms with E-state index in [4.69, 9.17) is 10.6 Å². The van der Waals surface area contributed by atoms with Crippen LogP contribution in [0.5, 0.6) is 0 Å². The largest absolute Gasteiger partial charge is 0.444 e. The number of benzene rings is 1. The number of nitrogens with one attached hydrogen (secondary N) is 1. The third kappa shape index (κ3) is 4.21. The molecule has 1 aliphatic heterocycles. The van der Waals surface area contributed by atoms with E-state index >= 15 is 0 Å². The van der Waals surface area contributed by atoms with Gasteiger partial charge in [0.25, 0.3) is 0 Å². The molecule has 2 unspecified atom stereocenters. The molecule has 1 aromatic carbocycles. The zero-order valence-corrected chi connectivity index (χ0v) is 13.9. The Morgan fingerprint density at radius 1 is 1.36 bits per heavy atom. The zero-order chi connectivity index (χ0) is 16.3. The first-order chi connectivity index (χ1) is 10.3. The van der Waals surface area contributed by atoms with Gasteiger partial charge >= 0.3 is 6.09 Å². The lowest BCUT2D eigenvalue weighted by Crippen LogP contribution is -2.38. The van der Waals surface area contributed by atoms with Crippen molar-refractivity contribution in [3.05, 3.63) is 35.4 Å². The maximum Gasteiger partial charge on any atom is 0.410 e.